The van der Waals surface area contributed by atoms with Gasteiger partial charge in [-0.15, -0.1) is 0 Å². The molecule has 3 rings (SSSR count). The fourth-order valence-electron chi connectivity index (χ4n) is 2.60. The van der Waals surface area contributed by atoms with Gasteiger partial charge >= 0.3 is 0 Å². The van der Waals surface area contributed by atoms with Crippen LogP contribution in [-0.2, 0) is 6.61 Å². The molecule has 1 amide bonds. The molecule has 1 aromatic carbocycles. The molecule has 2 atom stereocenters. The molecule has 1 saturated heterocycles. The predicted octanol–water partition coefficient (Wildman–Crippen LogP) is 0.971. The summed E-state index contributed by atoms with van der Waals surface area (Å²) in [5.41, 5.74) is 1.42. The number of nitrogens with zero attached hydrogens (tertiary/aromatic N) is 1. The summed E-state index contributed by atoms with van der Waals surface area (Å²) < 4.78 is 5.65. The van der Waals surface area contributed by atoms with Gasteiger partial charge in [0.1, 0.15) is 12.4 Å². The molecule has 0 saturated carbocycles. The summed E-state index contributed by atoms with van der Waals surface area (Å²) in [6.07, 6.45) is 1.33. The zero-order valence-electron chi connectivity index (χ0n) is 13.3. The molecule has 1 aromatic heterocycles. The van der Waals surface area contributed by atoms with E-state index in [-0.39, 0.29) is 11.8 Å². The lowest BCUT2D eigenvalue weighted by Crippen LogP contribution is -2.34. The van der Waals surface area contributed by atoms with Gasteiger partial charge in [0.25, 0.3) is 5.91 Å². The Bertz CT molecular complexity index is 661. The molecule has 2 aromatic rings. The summed E-state index contributed by atoms with van der Waals surface area (Å²) in [5, 5.41) is 15.7. The van der Waals surface area contributed by atoms with Gasteiger partial charge in [0.2, 0.25) is 0 Å². The lowest BCUT2D eigenvalue weighted by molar-refractivity contribution is 0.0927. The average Bonchev–Trinajstić information content (AvgIpc) is 3.04. The monoisotopic (exact) mass is 327 g/mol. The Morgan fingerprint density at radius 2 is 2.08 bits per heavy atom. The van der Waals surface area contributed by atoms with Crippen LogP contribution in [-0.4, -0.2) is 41.7 Å². The van der Waals surface area contributed by atoms with Crippen LogP contribution in [0.5, 0.6) is 5.75 Å². The molecule has 126 valence electrons. The second-order valence-electron chi connectivity index (χ2n) is 5.83. The van der Waals surface area contributed by atoms with E-state index in [0.717, 1.165) is 12.2 Å². The van der Waals surface area contributed by atoms with Gasteiger partial charge < -0.3 is 20.5 Å². The molecule has 3 N–H and O–H groups in total. The maximum atomic E-state index is 12.1. The molecule has 1 aliphatic heterocycles. The number of aliphatic hydroxyl groups excluding tert-OH is 1. The molecule has 6 nitrogen and oxygen atoms in total. The highest BCUT2D eigenvalue weighted by molar-refractivity contribution is 5.94. The van der Waals surface area contributed by atoms with Crippen molar-refractivity contribution < 1.29 is 14.6 Å². The van der Waals surface area contributed by atoms with Crippen LogP contribution in [0.4, 0.5) is 0 Å². The van der Waals surface area contributed by atoms with Crippen molar-refractivity contribution >= 4 is 5.91 Å². The SMILES string of the molecule is O=C(NCC1CNCC1O)c1ccc(OCc2ccccn2)cc1. The van der Waals surface area contributed by atoms with Gasteiger partial charge in [-0.2, -0.15) is 0 Å². The number of carbonyl (C=O) groups excluding carboxylic acids is 1. The van der Waals surface area contributed by atoms with Crippen LogP contribution in [0, 0.1) is 5.92 Å². The Hall–Kier alpha value is -2.44. The highest BCUT2D eigenvalue weighted by Crippen LogP contribution is 2.14. The minimum absolute atomic E-state index is 0.0647. The third kappa shape index (κ3) is 4.31. The van der Waals surface area contributed by atoms with E-state index in [0.29, 0.717) is 31.0 Å². The molecule has 1 aliphatic rings. The van der Waals surface area contributed by atoms with E-state index in [1.807, 2.05) is 18.2 Å². The van der Waals surface area contributed by atoms with Crippen molar-refractivity contribution in [3.63, 3.8) is 0 Å². The first-order chi connectivity index (χ1) is 11.7. The summed E-state index contributed by atoms with van der Waals surface area (Å²) in [7, 11) is 0. The minimum Gasteiger partial charge on any atom is -0.487 e. The Kier molecular flexibility index (Phi) is 5.40. The highest BCUT2D eigenvalue weighted by atomic mass is 16.5. The van der Waals surface area contributed by atoms with Crippen LogP contribution in [0.2, 0.25) is 0 Å². The summed E-state index contributed by atoms with van der Waals surface area (Å²) in [6.45, 7) is 2.16. The number of carbonyl (C=O) groups is 1. The zero-order valence-corrected chi connectivity index (χ0v) is 13.3. The van der Waals surface area contributed by atoms with Crippen molar-refractivity contribution in [2.24, 2.45) is 5.92 Å². The van der Waals surface area contributed by atoms with Crippen LogP contribution in [0.25, 0.3) is 0 Å². The van der Waals surface area contributed by atoms with Crippen molar-refractivity contribution in [1.82, 2.24) is 15.6 Å². The van der Waals surface area contributed by atoms with Crippen LogP contribution in [0.1, 0.15) is 16.1 Å². The van der Waals surface area contributed by atoms with Gasteiger partial charge in [-0.05, 0) is 36.4 Å². The number of ether oxygens (including phenoxy) is 1. The molecule has 1 fully saturated rings. The van der Waals surface area contributed by atoms with Gasteiger partial charge in [-0.25, -0.2) is 0 Å². The maximum Gasteiger partial charge on any atom is 0.251 e. The van der Waals surface area contributed by atoms with Gasteiger partial charge in [0.05, 0.1) is 11.8 Å². The third-order valence-electron chi connectivity index (χ3n) is 4.06. The number of pyridine rings is 1. The Labute approximate surface area is 140 Å². The van der Waals surface area contributed by atoms with Crippen molar-refractivity contribution in [2.75, 3.05) is 19.6 Å². The number of hydrogen-bond acceptors (Lipinski definition) is 5. The van der Waals surface area contributed by atoms with Gasteiger partial charge in [0, 0.05) is 37.3 Å². The first kappa shape index (κ1) is 16.4. The Morgan fingerprint density at radius 1 is 1.25 bits per heavy atom. The molecule has 6 heteroatoms. The van der Waals surface area contributed by atoms with Crippen LogP contribution < -0.4 is 15.4 Å². The number of nitrogens with one attached hydrogen (secondary N) is 2. The number of benzene rings is 1. The largest absolute Gasteiger partial charge is 0.487 e. The van der Waals surface area contributed by atoms with Crippen molar-refractivity contribution in [3.05, 3.63) is 59.9 Å². The summed E-state index contributed by atoms with van der Waals surface area (Å²) >= 11 is 0. The standard InChI is InChI=1S/C18H21N3O3/c22-17-11-19-9-14(17)10-21-18(23)13-4-6-16(7-5-13)24-12-15-3-1-2-8-20-15/h1-8,14,17,19,22H,9-12H2,(H,21,23). The van der Waals surface area contributed by atoms with E-state index in [1.54, 1.807) is 30.5 Å². The number of hydrogen-bond donors (Lipinski definition) is 3. The normalized spacial score (nSPS) is 19.9. The maximum absolute atomic E-state index is 12.1. The molecule has 2 heterocycles. The fraction of sp³-hybridized carbons (Fsp3) is 0.333. The number of β-amino-alcohol motifs (C(OH)–C–C–N with tert-alkyl or cyclic N) is 1. The Balaban J connectivity index is 1.49. The second-order valence-corrected chi connectivity index (χ2v) is 5.83. The molecule has 0 aliphatic carbocycles. The first-order valence-corrected chi connectivity index (χ1v) is 8.02. The van der Waals surface area contributed by atoms with Gasteiger partial charge in [0.15, 0.2) is 0 Å². The van der Waals surface area contributed by atoms with Crippen molar-refractivity contribution in [2.45, 2.75) is 12.7 Å². The van der Waals surface area contributed by atoms with E-state index in [4.69, 9.17) is 4.74 Å². The van der Waals surface area contributed by atoms with E-state index < -0.39 is 6.10 Å². The molecular formula is C18H21N3O3. The summed E-state index contributed by atoms with van der Waals surface area (Å²) in [6, 6.07) is 12.7. The molecule has 0 bridgehead atoms. The topological polar surface area (TPSA) is 83.5 Å². The lowest BCUT2D eigenvalue weighted by Gasteiger charge is -2.14. The number of aromatic nitrogens is 1. The molecule has 0 spiro atoms. The van der Waals surface area contributed by atoms with Crippen molar-refractivity contribution in [1.29, 1.82) is 0 Å². The lowest BCUT2D eigenvalue weighted by atomic mass is 10.1. The quantitative estimate of drug-likeness (QED) is 0.736. The molecule has 2 unspecified atom stereocenters. The fourth-order valence-corrected chi connectivity index (χ4v) is 2.60. The van der Waals surface area contributed by atoms with Crippen molar-refractivity contribution in [3.8, 4) is 5.75 Å². The number of aliphatic hydroxyl groups is 1. The average molecular weight is 327 g/mol. The van der Waals surface area contributed by atoms with E-state index >= 15 is 0 Å². The summed E-state index contributed by atoms with van der Waals surface area (Å²) in [4.78, 5) is 16.3. The van der Waals surface area contributed by atoms with E-state index in [1.165, 1.54) is 0 Å². The zero-order chi connectivity index (χ0) is 16.8. The predicted molar refractivity (Wildman–Crippen MR) is 89.7 cm³/mol. The van der Waals surface area contributed by atoms with Crippen LogP contribution in [0.15, 0.2) is 48.7 Å². The molecule has 24 heavy (non-hydrogen) atoms. The Morgan fingerprint density at radius 3 is 2.75 bits per heavy atom. The van der Waals surface area contributed by atoms with Crippen LogP contribution >= 0.6 is 0 Å². The van der Waals surface area contributed by atoms with E-state index in [2.05, 4.69) is 15.6 Å². The van der Waals surface area contributed by atoms with E-state index in [9.17, 15) is 9.90 Å². The third-order valence-corrected chi connectivity index (χ3v) is 4.06. The molecular weight excluding hydrogens is 306 g/mol. The summed E-state index contributed by atoms with van der Waals surface area (Å²) in [5.74, 6) is 0.605. The van der Waals surface area contributed by atoms with Gasteiger partial charge in [-0.3, -0.25) is 9.78 Å². The highest BCUT2D eigenvalue weighted by Gasteiger charge is 2.25. The molecule has 0 radical (unpaired) electrons. The second kappa shape index (κ2) is 7.90. The first-order valence-electron chi connectivity index (χ1n) is 8.02. The van der Waals surface area contributed by atoms with Gasteiger partial charge in [-0.1, -0.05) is 6.07 Å². The number of rotatable bonds is 6. The number of amides is 1. The van der Waals surface area contributed by atoms with Crippen LogP contribution in [0.3, 0.4) is 0 Å². The smallest absolute Gasteiger partial charge is 0.251 e. The minimum atomic E-state index is -0.396.